The van der Waals surface area contributed by atoms with E-state index in [1.165, 1.54) is 4.88 Å². The van der Waals surface area contributed by atoms with Gasteiger partial charge in [0.15, 0.2) is 12.6 Å². The highest BCUT2D eigenvalue weighted by atomic mass is 127. The molecular formula is C18H25IN4O2S. The number of carbonyl (C=O) groups is 1. The van der Waals surface area contributed by atoms with Gasteiger partial charge in [-0.1, -0.05) is 25.1 Å². The van der Waals surface area contributed by atoms with Gasteiger partial charge < -0.3 is 21.1 Å². The van der Waals surface area contributed by atoms with Crippen molar-refractivity contribution in [3.05, 3.63) is 52.2 Å². The SMILES string of the molecule is CN=C(NCc1cccc(OCC(N)=O)c1)NCC(C)c1cccs1.I. The molecule has 0 radical (unpaired) electrons. The molecule has 0 saturated carbocycles. The topological polar surface area (TPSA) is 88.7 Å². The van der Waals surface area contributed by atoms with Crippen molar-refractivity contribution in [1.82, 2.24) is 10.6 Å². The van der Waals surface area contributed by atoms with Gasteiger partial charge in [0.05, 0.1) is 0 Å². The van der Waals surface area contributed by atoms with Crippen LogP contribution >= 0.6 is 35.3 Å². The first-order chi connectivity index (χ1) is 12.1. The zero-order valence-electron chi connectivity index (χ0n) is 14.9. The van der Waals surface area contributed by atoms with E-state index in [-0.39, 0.29) is 30.6 Å². The molecule has 1 unspecified atom stereocenters. The van der Waals surface area contributed by atoms with E-state index in [9.17, 15) is 4.79 Å². The lowest BCUT2D eigenvalue weighted by molar-refractivity contribution is -0.119. The molecule has 2 aromatic rings. The lowest BCUT2D eigenvalue weighted by Gasteiger charge is -2.15. The third kappa shape index (κ3) is 7.61. The second kappa shape index (κ2) is 11.7. The first-order valence-corrected chi connectivity index (χ1v) is 8.94. The second-order valence-corrected chi connectivity index (χ2v) is 6.60. The number of carbonyl (C=O) groups excluding carboxylic acids is 1. The van der Waals surface area contributed by atoms with Gasteiger partial charge in [-0.05, 0) is 29.1 Å². The van der Waals surface area contributed by atoms with E-state index in [1.54, 1.807) is 24.5 Å². The van der Waals surface area contributed by atoms with Gasteiger partial charge in [-0.2, -0.15) is 0 Å². The van der Waals surface area contributed by atoms with Gasteiger partial charge in [-0.3, -0.25) is 9.79 Å². The van der Waals surface area contributed by atoms with E-state index < -0.39 is 5.91 Å². The molecule has 0 saturated heterocycles. The van der Waals surface area contributed by atoms with Crippen LogP contribution in [0.4, 0.5) is 0 Å². The quantitative estimate of drug-likeness (QED) is 0.303. The van der Waals surface area contributed by atoms with Crippen molar-refractivity contribution in [3.63, 3.8) is 0 Å². The normalized spacial score (nSPS) is 12.0. The second-order valence-electron chi connectivity index (χ2n) is 5.63. The maximum atomic E-state index is 10.8. The number of halogens is 1. The summed E-state index contributed by atoms with van der Waals surface area (Å²) in [6.45, 7) is 3.47. The van der Waals surface area contributed by atoms with E-state index in [2.05, 4.69) is 40.1 Å². The number of thiophene rings is 1. The number of amides is 1. The molecule has 1 atom stereocenters. The van der Waals surface area contributed by atoms with Crippen LogP contribution in [-0.4, -0.2) is 32.1 Å². The number of ether oxygens (including phenoxy) is 1. The fourth-order valence-corrected chi connectivity index (χ4v) is 3.02. The van der Waals surface area contributed by atoms with Crippen molar-refractivity contribution in [2.75, 3.05) is 20.2 Å². The first kappa shape index (κ1) is 22.2. The monoisotopic (exact) mass is 488 g/mol. The summed E-state index contributed by atoms with van der Waals surface area (Å²) in [5, 5.41) is 8.70. The molecule has 8 heteroatoms. The van der Waals surface area contributed by atoms with Gasteiger partial charge in [0.2, 0.25) is 0 Å². The van der Waals surface area contributed by atoms with Gasteiger partial charge >= 0.3 is 0 Å². The number of nitrogens with zero attached hydrogens (tertiary/aromatic N) is 1. The zero-order valence-corrected chi connectivity index (χ0v) is 18.0. The van der Waals surface area contributed by atoms with E-state index in [1.807, 2.05) is 18.2 Å². The van der Waals surface area contributed by atoms with Gasteiger partial charge in [-0.25, -0.2) is 0 Å². The molecule has 0 aliphatic carbocycles. The predicted octanol–water partition coefficient (Wildman–Crippen LogP) is 2.70. The number of nitrogens with one attached hydrogen (secondary N) is 2. The number of aliphatic imine (C=N–C) groups is 1. The minimum absolute atomic E-state index is 0. The molecular weight excluding hydrogens is 463 g/mol. The number of primary amides is 1. The van der Waals surface area contributed by atoms with Crippen molar-refractivity contribution in [2.45, 2.75) is 19.4 Å². The maximum absolute atomic E-state index is 10.8. The van der Waals surface area contributed by atoms with Crippen molar-refractivity contribution in [1.29, 1.82) is 0 Å². The Labute approximate surface area is 175 Å². The number of hydrogen-bond donors (Lipinski definition) is 3. The fraction of sp³-hybridized carbons (Fsp3) is 0.333. The summed E-state index contributed by atoms with van der Waals surface area (Å²) in [6, 6.07) is 11.7. The Hall–Kier alpha value is -1.81. The van der Waals surface area contributed by atoms with Crippen molar-refractivity contribution in [3.8, 4) is 5.75 Å². The van der Waals surface area contributed by atoms with Crippen LogP contribution in [0.25, 0.3) is 0 Å². The van der Waals surface area contributed by atoms with Gasteiger partial charge in [-0.15, -0.1) is 35.3 Å². The lowest BCUT2D eigenvalue weighted by Crippen LogP contribution is -2.38. The number of rotatable bonds is 8. The number of nitrogens with two attached hydrogens (primary N) is 1. The summed E-state index contributed by atoms with van der Waals surface area (Å²) in [5.41, 5.74) is 6.11. The fourth-order valence-electron chi connectivity index (χ4n) is 2.23. The molecule has 1 heterocycles. The van der Waals surface area contributed by atoms with Crippen LogP contribution in [0, 0.1) is 0 Å². The Morgan fingerprint density at radius 2 is 2.12 bits per heavy atom. The molecule has 0 bridgehead atoms. The van der Waals surface area contributed by atoms with Crippen LogP contribution in [0.15, 0.2) is 46.8 Å². The molecule has 0 aliphatic rings. The third-order valence-electron chi connectivity index (χ3n) is 3.57. The highest BCUT2D eigenvalue weighted by Crippen LogP contribution is 2.19. The van der Waals surface area contributed by atoms with Crippen LogP contribution in [0.3, 0.4) is 0 Å². The molecule has 2 rings (SSSR count). The molecule has 26 heavy (non-hydrogen) atoms. The van der Waals surface area contributed by atoms with Gasteiger partial charge in [0.25, 0.3) is 5.91 Å². The molecule has 1 aromatic carbocycles. The van der Waals surface area contributed by atoms with E-state index in [4.69, 9.17) is 10.5 Å². The van der Waals surface area contributed by atoms with Crippen molar-refractivity contribution in [2.24, 2.45) is 10.7 Å². The molecule has 4 N–H and O–H groups in total. The van der Waals surface area contributed by atoms with Crippen LogP contribution in [-0.2, 0) is 11.3 Å². The average molecular weight is 488 g/mol. The number of guanidine groups is 1. The molecule has 1 amide bonds. The summed E-state index contributed by atoms with van der Waals surface area (Å²) in [4.78, 5) is 16.4. The summed E-state index contributed by atoms with van der Waals surface area (Å²) in [7, 11) is 1.75. The Morgan fingerprint density at radius 3 is 2.77 bits per heavy atom. The van der Waals surface area contributed by atoms with Crippen molar-refractivity contribution < 1.29 is 9.53 Å². The molecule has 142 valence electrons. The van der Waals surface area contributed by atoms with Crippen molar-refractivity contribution >= 4 is 47.2 Å². The standard InChI is InChI=1S/C18H24N4O2S.HI/c1-13(16-7-4-8-25-16)10-21-18(20-2)22-11-14-5-3-6-15(9-14)24-12-17(19)23;/h3-9,13H,10-12H2,1-2H3,(H2,19,23)(H2,20,21,22);1H. The van der Waals surface area contributed by atoms with Crippen LogP contribution in [0.2, 0.25) is 0 Å². The highest BCUT2D eigenvalue weighted by molar-refractivity contribution is 14.0. The zero-order chi connectivity index (χ0) is 18.1. The van der Waals surface area contributed by atoms with E-state index in [0.717, 1.165) is 18.1 Å². The summed E-state index contributed by atoms with van der Waals surface area (Å²) >= 11 is 1.76. The molecule has 6 nitrogen and oxygen atoms in total. The van der Waals surface area contributed by atoms with Crippen LogP contribution in [0.5, 0.6) is 5.75 Å². The lowest BCUT2D eigenvalue weighted by atomic mass is 10.1. The summed E-state index contributed by atoms with van der Waals surface area (Å²) < 4.78 is 5.31. The Kier molecular flexibility index (Phi) is 10.0. The number of hydrogen-bond acceptors (Lipinski definition) is 4. The Balaban J connectivity index is 0.00000338. The molecule has 1 aromatic heterocycles. The third-order valence-corrected chi connectivity index (χ3v) is 4.67. The largest absolute Gasteiger partial charge is 0.484 e. The first-order valence-electron chi connectivity index (χ1n) is 8.06. The summed E-state index contributed by atoms with van der Waals surface area (Å²) in [5.74, 6) is 1.29. The Morgan fingerprint density at radius 1 is 1.31 bits per heavy atom. The predicted molar refractivity (Wildman–Crippen MR) is 117 cm³/mol. The molecule has 0 aliphatic heterocycles. The minimum atomic E-state index is -0.493. The summed E-state index contributed by atoms with van der Waals surface area (Å²) in [6.07, 6.45) is 0. The van der Waals surface area contributed by atoms with Gasteiger partial charge in [0.1, 0.15) is 5.75 Å². The maximum Gasteiger partial charge on any atom is 0.255 e. The smallest absolute Gasteiger partial charge is 0.255 e. The minimum Gasteiger partial charge on any atom is -0.484 e. The average Bonchev–Trinajstić information content (AvgIpc) is 3.15. The van der Waals surface area contributed by atoms with Crippen LogP contribution < -0.4 is 21.1 Å². The molecule has 0 spiro atoms. The highest BCUT2D eigenvalue weighted by Gasteiger charge is 2.07. The molecule has 0 fully saturated rings. The Bertz CT molecular complexity index is 707. The number of benzene rings is 1. The van der Waals surface area contributed by atoms with Gasteiger partial charge in [0, 0.05) is 30.9 Å². The van der Waals surface area contributed by atoms with E-state index in [0.29, 0.717) is 18.2 Å². The van der Waals surface area contributed by atoms with Crippen LogP contribution in [0.1, 0.15) is 23.3 Å². The van der Waals surface area contributed by atoms with E-state index >= 15 is 0 Å².